The highest BCUT2D eigenvalue weighted by molar-refractivity contribution is 8.00. The molecule has 2 amide bonds. The summed E-state index contributed by atoms with van der Waals surface area (Å²) >= 11 is 1.34. The first-order valence-electron chi connectivity index (χ1n) is 10.2. The first-order chi connectivity index (χ1) is 14.6. The van der Waals surface area contributed by atoms with Crippen molar-refractivity contribution in [2.75, 3.05) is 30.7 Å². The van der Waals surface area contributed by atoms with E-state index < -0.39 is 0 Å². The van der Waals surface area contributed by atoms with Crippen LogP contribution in [0.3, 0.4) is 0 Å². The minimum absolute atomic E-state index is 0.0346. The molecule has 0 unspecified atom stereocenters. The van der Waals surface area contributed by atoms with E-state index in [1.807, 2.05) is 30.3 Å². The van der Waals surface area contributed by atoms with Crippen molar-refractivity contribution in [1.82, 2.24) is 9.88 Å². The van der Waals surface area contributed by atoms with Crippen molar-refractivity contribution in [2.24, 2.45) is 5.73 Å². The lowest BCUT2D eigenvalue weighted by molar-refractivity contribution is -0.117. The number of anilines is 1. The van der Waals surface area contributed by atoms with Crippen molar-refractivity contribution in [3.8, 4) is 0 Å². The fraction of sp³-hybridized carbons (Fsp3) is 0.304. The molecule has 7 heteroatoms. The molecule has 156 valence electrons. The van der Waals surface area contributed by atoms with Gasteiger partial charge in [0.25, 0.3) is 0 Å². The minimum Gasteiger partial charge on any atom is -0.369 e. The molecule has 0 atom stereocenters. The molecule has 1 aliphatic rings. The highest BCUT2D eigenvalue weighted by atomic mass is 32.2. The number of likely N-dealkylation sites (tertiary alicyclic amines) is 1. The third kappa shape index (κ3) is 4.86. The van der Waals surface area contributed by atoms with E-state index in [4.69, 9.17) is 5.73 Å². The van der Waals surface area contributed by atoms with Crippen LogP contribution in [0.4, 0.5) is 5.69 Å². The van der Waals surface area contributed by atoms with Crippen molar-refractivity contribution in [1.29, 1.82) is 0 Å². The number of fused-ring (bicyclic) bond motifs is 1. The molecule has 1 aliphatic heterocycles. The number of carbonyl (C=O) groups excluding carboxylic acids is 2. The third-order valence-electron chi connectivity index (χ3n) is 5.55. The van der Waals surface area contributed by atoms with E-state index >= 15 is 0 Å². The number of nitrogens with one attached hydrogen (secondary N) is 2. The minimum atomic E-state index is -0.376. The summed E-state index contributed by atoms with van der Waals surface area (Å²) in [6.07, 6.45) is 4.22. The molecular formula is C23H26N4O2S. The summed E-state index contributed by atoms with van der Waals surface area (Å²) in [5, 5.41) is 4.29. The van der Waals surface area contributed by atoms with Crippen LogP contribution in [0.1, 0.15) is 24.3 Å². The van der Waals surface area contributed by atoms with E-state index in [0.717, 1.165) is 36.5 Å². The Morgan fingerprint density at radius 3 is 2.63 bits per heavy atom. The number of nitrogens with zero attached hydrogens (tertiary/aromatic N) is 1. The van der Waals surface area contributed by atoms with Gasteiger partial charge in [0, 0.05) is 22.0 Å². The number of hydrogen-bond acceptors (Lipinski definition) is 4. The second kappa shape index (κ2) is 9.36. The van der Waals surface area contributed by atoms with Crippen LogP contribution in [0.2, 0.25) is 0 Å². The Labute approximate surface area is 180 Å². The molecule has 4 N–H and O–H groups in total. The lowest BCUT2D eigenvalue weighted by atomic mass is 9.89. The number of nitrogens with two attached hydrogens (primary N) is 1. The average Bonchev–Trinajstić information content (AvgIpc) is 3.18. The summed E-state index contributed by atoms with van der Waals surface area (Å²) in [4.78, 5) is 30.1. The molecule has 3 aromatic rings. The molecule has 1 aromatic heterocycles. The van der Waals surface area contributed by atoms with Crippen molar-refractivity contribution in [3.63, 3.8) is 0 Å². The number of primary amides is 1. The number of hydrogen-bond donors (Lipinski definition) is 3. The molecule has 2 heterocycles. The van der Waals surface area contributed by atoms with Gasteiger partial charge in [-0.05, 0) is 55.6 Å². The Morgan fingerprint density at radius 1 is 1.10 bits per heavy atom. The van der Waals surface area contributed by atoms with Crippen LogP contribution >= 0.6 is 11.8 Å². The van der Waals surface area contributed by atoms with Gasteiger partial charge in [0.1, 0.15) is 0 Å². The summed E-state index contributed by atoms with van der Waals surface area (Å²) in [6, 6.07) is 15.9. The van der Waals surface area contributed by atoms with Gasteiger partial charge in [-0.3, -0.25) is 14.5 Å². The summed E-state index contributed by atoms with van der Waals surface area (Å²) in [7, 11) is 0. The SMILES string of the molecule is NC(=O)CSc1ccccc1NC(=O)CN1CCC(c2c[nH]c3ccccc23)CC1. The number of rotatable bonds is 7. The molecule has 2 aromatic carbocycles. The summed E-state index contributed by atoms with van der Waals surface area (Å²) in [6.45, 7) is 2.17. The van der Waals surface area contributed by atoms with Crippen LogP contribution in [0.5, 0.6) is 0 Å². The zero-order valence-electron chi connectivity index (χ0n) is 16.8. The molecule has 0 aliphatic carbocycles. The summed E-state index contributed by atoms with van der Waals surface area (Å²) in [5.74, 6) is 0.298. The molecule has 1 saturated heterocycles. The maximum atomic E-state index is 12.6. The van der Waals surface area contributed by atoms with E-state index in [0.29, 0.717) is 12.5 Å². The molecule has 0 saturated carbocycles. The second-order valence-corrected chi connectivity index (χ2v) is 8.66. The monoisotopic (exact) mass is 422 g/mol. The van der Waals surface area contributed by atoms with E-state index in [2.05, 4.69) is 39.6 Å². The third-order valence-corrected chi connectivity index (χ3v) is 6.64. The molecule has 30 heavy (non-hydrogen) atoms. The predicted octanol–water partition coefficient (Wildman–Crippen LogP) is 3.56. The maximum absolute atomic E-state index is 12.6. The van der Waals surface area contributed by atoms with Crippen molar-refractivity contribution >= 4 is 40.2 Å². The van der Waals surface area contributed by atoms with E-state index in [1.165, 1.54) is 28.2 Å². The normalized spacial score (nSPS) is 15.3. The number of aromatic nitrogens is 1. The number of benzene rings is 2. The quantitative estimate of drug-likeness (QED) is 0.508. The van der Waals surface area contributed by atoms with Crippen LogP contribution in [0.15, 0.2) is 59.6 Å². The van der Waals surface area contributed by atoms with Crippen LogP contribution in [-0.4, -0.2) is 47.1 Å². The Hall–Kier alpha value is -2.77. The van der Waals surface area contributed by atoms with Crippen LogP contribution < -0.4 is 11.1 Å². The van der Waals surface area contributed by atoms with Crippen molar-refractivity contribution in [3.05, 3.63) is 60.3 Å². The maximum Gasteiger partial charge on any atom is 0.238 e. The Balaban J connectivity index is 1.31. The predicted molar refractivity (Wildman–Crippen MR) is 122 cm³/mol. The first kappa shape index (κ1) is 20.5. The molecule has 6 nitrogen and oxygen atoms in total. The van der Waals surface area contributed by atoms with Gasteiger partial charge in [0.15, 0.2) is 0 Å². The summed E-state index contributed by atoms with van der Waals surface area (Å²) < 4.78 is 0. The molecule has 1 fully saturated rings. The van der Waals surface area contributed by atoms with Gasteiger partial charge in [-0.15, -0.1) is 11.8 Å². The smallest absolute Gasteiger partial charge is 0.238 e. The highest BCUT2D eigenvalue weighted by Crippen LogP contribution is 2.33. The summed E-state index contributed by atoms with van der Waals surface area (Å²) in [5.41, 5.74) is 8.53. The van der Waals surface area contributed by atoms with Gasteiger partial charge in [0.2, 0.25) is 11.8 Å². The van der Waals surface area contributed by atoms with E-state index in [-0.39, 0.29) is 17.6 Å². The lowest BCUT2D eigenvalue weighted by Gasteiger charge is -2.31. The number of piperidine rings is 1. The first-order valence-corrected chi connectivity index (χ1v) is 11.2. The zero-order valence-corrected chi connectivity index (χ0v) is 17.6. The number of para-hydroxylation sites is 2. The fourth-order valence-electron chi connectivity index (χ4n) is 4.07. The number of carbonyl (C=O) groups is 2. The Kier molecular flexibility index (Phi) is 6.40. The number of amides is 2. The molecule has 0 radical (unpaired) electrons. The molecular weight excluding hydrogens is 396 g/mol. The number of thioether (sulfide) groups is 1. The molecule has 4 rings (SSSR count). The van der Waals surface area contributed by atoms with Crippen LogP contribution in [0, 0.1) is 0 Å². The van der Waals surface area contributed by atoms with E-state index in [9.17, 15) is 9.59 Å². The van der Waals surface area contributed by atoms with E-state index in [1.54, 1.807) is 0 Å². The molecule has 0 spiro atoms. The average molecular weight is 423 g/mol. The standard InChI is InChI=1S/C23H26N4O2S/c24-22(28)15-30-21-8-4-3-7-20(21)26-23(29)14-27-11-9-16(10-12-27)18-13-25-19-6-2-1-5-17(18)19/h1-8,13,16,25H,9-12,14-15H2,(H2,24,28)(H,26,29). The van der Waals surface area contributed by atoms with Gasteiger partial charge in [-0.2, -0.15) is 0 Å². The van der Waals surface area contributed by atoms with Crippen molar-refractivity contribution in [2.45, 2.75) is 23.7 Å². The zero-order chi connectivity index (χ0) is 20.9. The highest BCUT2D eigenvalue weighted by Gasteiger charge is 2.24. The van der Waals surface area contributed by atoms with Gasteiger partial charge < -0.3 is 16.0 Å². The van der Waals surface area contributed by atoms with Gasteiger partial charge in [-0.25, -0.2) is 0 Å². The van der Waals surface area contributed by atoms with Gasteiger partial charge >= 0.3 is 0 Å². The fourth-order valence-corrected chi connectivity index (χ4v) is 4.82. The Bertz CT molecular complexity index is 1040. The number of H-pyrrole nitrogens is 1. The molecule has 0 bridgehead atoms. The van der Waals surface area contributed by atoms with Crippen LogP contribution in [0.25, 0.3) is 10.9 Å². The van der Waals surface area contributed by atoms with Crippen molar-refractivity contribution < 1.29 is 9.59 Å². The lowest BCUT2D eigenvalue weighted by Crippen LogP contribution is -2.38. The Morgan fingerprint density at radius 2 is 1.83 bits per heavy atom. The van der Waals surface area contributed by atoms with Crippen LogP contribution in [-0.2, 0) is 9.59 Å². The topological polar surface area (TPSA) is 91.2 Å². The van der Waals surface area contributed by atoms with Gasteiger partial charge in [0.05, 0.1) is 18.0 Å². The number of aromatic amines is 1. The largest absolute Gasteiger partial charge is 0.369 e. The van der Waals surface area contributed by atoms with Gasteiger partial charge in [-0.1, -0.05) is 30.3 Å². The second-order valence-electron chi connectivity index (χ2n) is 7.64.